The van der Waals surface area contributed by atoms with Crippen molar-refractivity contribution in [3.8, 4) is 0 Å². The molecule has 0 saturated carbocycles. The second-order valence-corrected chi connectivity index (χ2v) is 4.42. The lowest BCUT2D eigenvalue weighted by Crippen LogP contribution is -2.09. The third-order valence-electron chi connectivity index (χ3n) is 2.88. The van der Waals surface area contributed by atoms with Gasteiger partial charge in [0.1, 0.15) is 11.9 Å². The van der Waals surface area contributed by atoms with Crippen molar-refractivity contribution in [3.05, 3.63) is 36.2 Å². The first-order chi connectivity index (χ1) is 8.76. The maximum absolute atomic E-state index is 10.3. The van der Waals surface area contributed by atoms with E-state index in [1.165, 1.54) is 0 Å². The number of hydrogen-bond acceptors (Lipinski definition) is 3. The summed E-state index contributed by atoms with van der Waals surface area (Å²) in [5.74, 6) is 0.688. The molecule has 0 bridgehead atoms. The molecule has 2 rings (SSSR count). The molecule has 0 aromatic carbocycles. The molecule has 1 atom stereocenters. The number of nitrogens with zero attached hydrogens (tertiary/aromatic N) is 4. The maximum Gasteiger partial charge on any atom is 0.142 e. The highest BCUT2D eigenvalue weighted by Gasteiger charge is 2.17. The van der Waals surface area contributed by atoms with Crippen LogP contribution in [0.25, 0.3) is 0 Å². The monoisotopic (exact) mass is 248 g/mol. The van der Waals surface area contributed by atoms with E-state index < -0.39 is 6.10 Å². The van der Waals surface area contributed by atoms with E-state index in [4.69, 9.17) is 0 Å². The van der Waals surface area contributed by atoms with Crippen LogP contribution in [0.5, 0.6) is 0 Å². The Morgan fingerprint density at radius 3 is 2.78 bits per heavy atom. The number of aliphatic hydroxyl groups excluding tert-OH is 1. The fourth-order valence-electron chi connectivity index (χ4n) is 2.02. The van der Waals surface area contributed by atoms with Crippen LogP contribution in [0, 0.1) is 0 Å². The Kier molecular flexibility index (Phi) is 4.15. The molecule has 0 aliphatic carbocycles. The third kappa shape index (κ3) is 2.61. The predicted molar refractivity (Wildman–Crippen MR) is 69.1 cm³/mol. The lowest BCUT2D eigenvalue weighted by Gasteiger charge is -2.11. The summed E-state index contributed by atoms with van der Waals surface area (Å²) in [6.07, 6.45) is 8.58. The number of aliphatic hydroxyl groups is 1. The molecule has 18 heavy (non-hydrogen) atoms. The number of aromatic nitrogens is 4. The molecular formula is C13H20N4O. The van der Waals surface area contributed by atoms with Crippen molar-refractivity contribution in [2.45, 2.75) is 45.9 Å². The first-order valence-electron chi connectivity index (χ1n) is 6.47. The van der Waals surface area contributed by atoms with Gasteiger partial charge in [-0.2, -0.15) is 5.10 Å². The molecule has 1 N–H and O–H groups in total. The summed E-state index contributed by atoms with van der Waals surface area (Å²) in [5.41, 5.74) is 0.798. The molecule has 0 spiro atoms. The van der Waals surface area contributed by atoms with E-state index in [1.54, 1.807) is 12.4 Å². The predicted octanol–water partition coefficient (Wildman–Crippen LogP) is 1.98. The molecule has 0 saturated heterocycles. The van der Waals surface area contributed by atoms with Gasteiger partial charge in [0.15, 0.2) is 0 Å². The zero-order chi connectivity index (χ0) is 13.0. The number of rotatable bonds is 6. The van der Waals surface area contributed by atoms with Crippen molar-refractivity contribution < 1.29 is 5.11 Å². The van der Waals surface area contributed by atoms with Gasteiger partial charge in [-0.25, -0.2) is 4.98 Å². The Hall–Kier alpha value is -1.62. The minimum Gasteiger partial charge on any atom is -0.380 e. The molecule has 0 fully saturated rings. The number of imidazole rings is 1. The van der Waals surface area contributed by atoms with Crippen molar-refractivity contribution in [2.24, 2.45) is 0 Å². The van der Waals surface area contributed by atoms with Crippen molar-refractivity contribution in [1.29, 1.82) is 0 Å². The summed E-state index contributed by atoms with van der Waals surface area (Å²) in [5, 5.41) is 14.6. The molecule has 5 heteroatoms. The summed E-state index contributed by atoms with van der Waals surface area (Å²) in [7, 11) is 0. The van der Waals surface area contributed by atoms with Crippen molar-refractivity contribution in [1.82, 2.24) is 19.3 Å². The lowest BCUT2D eigenvalue weighted by molar-refractivity contribution is 0.204. The minimum absolute atomic E-state index is 0.688. The van der Waals surface area contributed by atoms with Crippen LogP contribution in [-0.2, 0) is 13.1 Å². The average molecular weight is 248 g/mol. The zero-order valence-electron chi connectivity index (χ0n) is 11.0. The van der Waals surface area contributed by atoms with Gasteiger partial charge in [-0.1, -0.05) is 13.8 Å². The van der Waals surface area contributed by atoms with E-state index in [0.717, 1.165) is 31.5 Å². The van der Waals surface area contributed by atoms with Crippen LogP contribution in [0.1, 0.15) is 44.2 Å². The fourth-order valence-corrected chi connectivity index (χ4v) is 2.02. The first kappa shape index (κ1) is 12.8. The highest BCUT2D eigenvalue weighted by molar-refractivity contribution is 5.17. The second-order valence-electron chi connectivity index (χ2n) is 4.42. The van der Waals surface area contributed by atoms with Gasteiger partial charge in [0.25, 0.3) is 0 Å². The van der Waals surface area contributed by atoms with E-state index in [-0.39, 0.29) is 0 Å². The highest BCUT2D eigenvalue weighted by atomic mass is 16.3. The smallest absolute Gasteiger partial charge is 0.142 e. The molecular weight excluding hydrogens is 228 g/mol. The molecule has 2 heterocycles. The Morgan fingerprint density at radius 2 is 2.06 bits per heavy atom. The van der Waals surface area contributed by atoms with Gasteiger partial charge in [0.2, 0.25) is 0 Å². The van der Waals surface area contributed by atoms with Crippen LogP contribution < -0.4 is 0 Å². The first-order valence-corrected chi connectivity index (χ1v) is 6.47. The van der Waals surface area contributed by atoms with Gasteiger partial charge in [0, 0.05) is 37.2 Å². The standard InChI is InChI=1S/C13H20N4O/c1-3-6-16-8-5-14-13(16)12(18)11-9-15-17(10-11)7-4-2/h5,8-10,12,18H,3-4,6-7H2,1-2H3. The van der Waals surface area contributed by atoms with Gasteiger partial charge < -0.3 is 9.67 Å². The largest absolute Gasteiger partial charge is 0.380 e. The second kappa shape index (κ2) is 5.82. The number of hydrogen-bond donors (Lipinski definition) is 1. The van der Waals surface area contributed by atoms with Crippen LogP contribution in [0.15, 0.2) is 24.8 Å². The van der Waals surface area contributed by atoms with Crippen LogP contribution in [0.3, 0.4) is 0 Å². The molecule has 0 aliphatic rings. The van der Waals surface area contributed by atoms with Crippen LogP contribution >= 0.6 is 0 Å². The van der Waals surface area contributed by atoms with Crippen molar-refractivity contribution in [3.63, 3.8) is 0 Å². The molecule has 0 amide bonds. The highest BCUT2D eigenvalue weighted by Crippen LogP contribution is 2.20. The van der Waals surface area contributed by atoms with Crippen LogP contribution in [0.2, 0.25) is 0 Å². The number of aryl methyl sites for hydroxylation is 2. The summed E-state index contributed by atoms with van der Waals surface area (Å²) in [6, 6.07) is 0. The average Bonchev–Trinajstić information content (AvgIpc) is 2.98. The molecule has 2 aromatic rings. The zero-order valence-corrected chi connectivity index (χ0v) is 11.0. The maximum atomic E-state index is 10.3. The van der Waals surface area contributed by atoms with Crippen LogP contribution in [-0.4, -0.2) is 24.4 Å². The molecule has 0 aliphatic heterocycles. The fraction of sp³-hybridized carbons (Fsp3) is 0.538. The normalized spacial score (nSPS) is 12.8. The van der Waals surface area contributed by atoms with Gasteiger partial charge >= 0.3 is 0 Å². The van der Waals surface area contributed by atoms with Gasteiger partial charge in [-0.3, -0.25) is 4.68 Å². The lowest BCUT2D eigenvalue weighted by atomic mass is 10.2. The van der Waals surface area contributed by atoms with E-state index in [0.29, 0.717) is 5.82 Å². The quantitative estimate of drug-likeness (QED) is 0.850. The minimum atomic E-state index is -0.697. The van der Waals surface area contributed by atoms with E-state index in [2.05, 4.69) is 23.9 Å². The Bertz CT molecular complexity index is 489. The summed E-state index contributed by atoms with van der Waals surface area (Å²) < 4.78 is 3.84. The summed E-state index contributed by atoms with van der Waals surface area (Å²) in [4.78, 5) is 4.24. The van der Waals surface area contributed by atoms with E-state index in [9.17, 15) is 5.11 Å². The molecule has 2 aromatic heterocycles. The molecule has 0 radical (unpaired) electrons. The Labute approximate surface area is 107 Å². The van der Waals surface area contributed by atoms with Gasteiger partial charge in [0.05, 0.1) is 6.20 Å². The SMILES string of the molecule is CCCn1cc(C(O)c2nccn2CCC)cn1. The molecule has 98 valence electrons. The Balaban J connectivity index is 2.18. The summed E-state index contributed by atoms with van der Waals surface area (Å²) >= 11 is 0. The Morgan fingerprint density at radius 1 is 1.28 bits per heavy atom. The van der Waals surface area contributed by atoms with Gasteiger partial charge in [-0.15, -0.1) is 0 Å². The topological polar surface area (TPSA) is 55.9 Å². The third-order valence-corrected chi connectivity index (χ3v) is 2.88. The van der Waals surface area contributed by atoms with Crippen molar-refractivity contribution >= 4 is 0 Å². The molecule has 5 nitrogen and oxygen atoms in total. The van der Waals surface area contributed by atoms with Crippen molar-refractivity contribution in [2.75, 3.05) is 0 Å². The summed E-state index contributed by atoms with van der Waals surface area (Å²) in [6.45, 7) is 5.95. The molecule has 1 unspecified atom stereocenters. The van der Waals surface area contributed by atoms with Gasteiger partial charge in [-0.05, 0) is 12.8 Å². The van der Waals surface area contributed by atoms with E-state index in [1.807, 2.05) is 21.6 Å². The van der Waals surface area contributed by atoms with E-state index >= 15 is 0 Å². The van der Waals surface area contributed by atoms with Crippen LogP contribution in [0.4, 0.5) is 0 Å².